The molecular weight excluding hydrogens is 217 g/mol. The van der Waals surface area contributed by atoms with Crippen molar-refractivity contribution >= 4 is 0 Å². The van der Waals surface area contributed by atoms with E-state index in [1.54, 1.807) is 0 Å². The molecule has 2 unspecified atom stereocenters. The summed E-state index contributed by atoms with van der Waals surface area (Å²) in [5.41, 5.74) is 0. The van der Waals surface area contributed by atoms with E-state index in [0.717, 1.165) is 25.3 Å². The van der Waals surface area contributed by atoms with Gasteiger partial charge in [0, 0.05) is 18.5 Å². The third kappa shape index (κ3) is 3.43. The smallest absolute Gasteiger partial charge is 0.119 e. The van der Waals surface area contributed by atoms with E-state index in [1.807, 2.05) is 30.3 Å². The Labute approximate surface area is 102 Å². The summed E-state index contributed by atoms with van der Waals surface area (Å²) in [6.07, 6.45) is 0.978. The molecule has 1 aromatic carbocycles. The van der Waals surface area contributed by atoms with Crippen molar-refractivity contribution in [1.82, 2.24) is 4.90 Å². The van der Waals surface area contributed by atoms with Gasteiger partial charge >= 0.3 is 0 Å². The Morgan fingerprint density at radius 2 is 2.18 bits per heavy atom. The molecule has 0 saturated carbocycles. The quantitative estimate of drug-likeness (QED) is 0.780. The lowest BCUT2D eigenvalue weighted by atomic mass is 10.1. The Balaban J connectivity index is 1.76. The van der Waals surface area contributed by atoms with Gasteiger partial charge in [-0.15, -0.1) is 0 Å². The fourth-order valence-corrected chi connectivity index (χ4v) is 2.23. The van der Waals surface area contributed by atoms with Gasteiger partial charge < -0.3 is 4.74 Å². The van der Waals surface area contributed by atoms with Crippen LogP contribution in [0.3, 0.4) is 0 Å². The third-order valence-electron chi connectivity index (χ3n) is 3.39. The van der Waals surface area contributed by atoms with Gasteiger partial charge in [-0.05, 0) is 32.0 Å². The van der Waals surface area contributed by atoms with Crippen LogP contribution in [0, 0.1) is 5.92 Å². The van der Waals surface area contributed by atoms with Crippen molar-refractivity contribution in [3.05, 3.63) is 30.3 Å². The summed E-state index contributed by atoms with van der Waals surface area (Å²) >= 11 is 0. The summed E-state index contributed by atoms with van der Waals surface area (Å²) in [4.78, 5) is 2.31. The van der Waals surface area contributed by atoms with Crippen molar-refractivity contribution in [3.8, 4) is 5.75 Å². The number of ether oxygens (including phenoxy) is 1. The van der Waals surface area contributed by atoms with Crippen LogP contribution in [0.5, 0.6) is 5.75 Å². The van der Waals surface area contributed by atoms with Crippen LogP contribution in [-0.4, -0.2) is 37.3 Å². The summed E-state index contributed by atoms with van der Waals surface area (Å²) < 4.78 is 18.2. The Morgan fingerprint density at radius 3 is 2.82 bits per heavy atom. The number of para-hydroxylation sites is 1. The number of hydrogen-bond donors (Lipinski definition) is 0. The summed E-state index contributed by atoms with van der Waals surface area (Å²) in [6.45, 7) is 4.49. The van der Waals surface area contributed by atoms with Gasteiger partial charge in [-0.25, -0.2) is 0 Å². The van der Waals surface area contributed by atoms with Gasteiger partial charge in [0.25, 0.3) is 0 Å². The molecule has 94 valence electrons. The van der Waals surface area contributed by atoms with Crippen LogP contribution in [0.25, 0.3) is 0 Å². The fraction of sp³-hybridized carbons (Fsp3) is 0.571. The second kappa shape index (κ2) is 6.01. The molecule has 0 amide bonds. The van der Waals surface area contributed by atoms with E-state index in [4.69, 9.17) is 4.74 Å². The van der Waals surface area contributed by atoms with Crippen LogP contribution >= 0.6 is 0 Å². The van der Waals surface area contributed by atoms with Crippen molar-refractivity contribution in [2.24, 2.45) is 5.92 Å². The molecular formula is C14H20FNO. The van der Waals surface area contributed by atoms with Crippen molar-refractivity contribution in [2.45, 2.75) is 19.4 Å². The number of rotatable bonds is 5. The topological polar surface area (TPSA) is 12.5 Å². The van der Waals surface area contributed by atoms with Gasteiger partial charge in [0.05, 0.1) is 6.67 Å². The summed E-state index contributed by atoms with van der Waals surface area (Å²) in [7, 11) is 0. The largest absolute Gasteiger partial charge is 0.492 e. The lowest BCUT2D eigenvalue weighted by Crippen LogP contribution is -2.35. The molecule has 1 saturated heterocycles. The minimum absolute atomic E-state index is 0.192. The zero-order valence-corrected chi connectivity index (χ0v) is 10.3. The van der Waals surface area contributed by atoms with E-state index in [1.165, 1.54) is 0 Å². The number of nitrogens with zero attached hydrogens (tertiary/aromatic N) is 1. The van der Waals surface area contributed by atoms with Crippen LogP contribution < -0.4 is 4.74 Å². The molecule has 1 fully saturated rings. The molecule has 2 nitrogen and oxygen atoms in total. The first-order valence-electron chi connectivity index (χ1n) is 6.27. The molecule has 0 radical (unpaired) electrons. The normalized spacial score (nSPS) is 22.6. The van der Waals surface area contributed by atoms with E-state index < -0.39 is 0 Å². The summed E-state index contributed by atoms with van der Waals surface area (Å²) in [6, 6.07) is 10.2. The highest BCUT2D eigenvalue weighted by molar-refractivity contribution is 5.20. The third-order valence-corrected chi connectivity index (χ3v) is 3.39. The Morgan fingerprint density at radius 1 is 1.41 bits per heavy atom. The zero-order chi connectivity index (χ0) is 12.1. The maximum absolute atomic E-state index is 12.5. The Hall–Kier alpha value is -1.09. The molecule has 1 aromatic rings. The molecule has 3 heteroatoms. The lowest BCUT2D eigenvalue weighted by molar-refractivity contribution is 0.166. The molecule has 2 rings (SSSR count). The standard InChI is InChI=1S/C14H20FNO/c1-12(16-8-7-13(9-15)10-16)11-17-14-5-3-2-4-6-14/h2-6,12-13H,7-11H2,1H3. The monoisotopic (exact) mass is 237 g/mol. The second-order valence-corrected chi connectivity index (χ2v) is 4.78. The first-order valence-corrected chi connectivity index (χ1v) is 6.27. The number of benzene rings is 1. The number of hydrogen-bond acceptors (Lipinski definition) is 2. The van der Waals surface area contributed by atoms with Gasteiger partial charge in [-0.2, -0.15) is 0 Å². The van der Waals surface area contributed by atoms with E-state index in [2.05, 4.69) is 11.8 Å². The van der Waals surface area contributed by atoms with E-state index in [-0.39, 0.29) is 12.6 Å². The van der Waals surface area contributed by atoms with Crippen LogP contribution in [0.4, 0.5) is 4.39 Å². The van der Waals surface area contributed by atoms with Crippen molar-refractivity contribution in [3.63, 3.8) is 0 Å². The van der Waals surface area contributed by atoms with Crippen molar-refractivity contribution in [2.75, 3.05) is 26.4 Å². The first-order chi connectivity index (χ1) is 8.29. The van der Waals surface area contributed by atoms with Crippen LogP contribution in [0.2, 0.25) is 0 Å². The molecule has 1 aliphatic rings. The molecule has 0 spiro atoms. The van der Waals surface area contributed by atoms with E-state index in [9.17, 15) is 4.39 Å². The molecule has 0 aliphatic carbocycles. The second-order valence-electron chi connectivity index (χ2n) is 4.78. The minimum atomic E-state index is -0.192. The molecule has 0 N–H and O–H groups in total. The average molecular weight is 237 g/mol. The fourth-order valence-electron chi connectivity index (χ4n) is 2.23. The van der Waals surface area contributed by atoms with Crippen LogP contribution in [0.15, 0.2) is 30.3 Å². The minimum Gasteiger partial charge on any atom is -0.492 e. The van der Waals surface area contributed by atoms with E-state index in [0.29, 0.717) is 12.6 Å². The van der Waals surface area contributed by atoms with Gasteiger partial charge in [0.1, 0.15) is 12.4 Å². The Kier molecular flexibility index (Phi) is 4.37. The molecule has 1 heterocycles. The molecule has 0 bridgehead atoms. The Bertz CT molecular complexity index is 330. The maximum Gasteiger partial charge on any atom is 0.119 e. The predicted molar refractivity (Wildman–Crippen MR) is 67.1 cm³/mol. The summed E-state index contributed by atoms with van der Waals surface area (Å²) in [5, 5.41) is 0. The number of alkyl halides is 1. The highest BCUT2D eigenvalue weighted by atomic mass is 19.1. The van der Waals surface area contributed by atoms with Crippen LogP contribution in [0.1, 0.15) is 13.3 Å². The van der Waals surface area contributed by atoms with Gasteiger partial charge in [-0.3, -0.25) is 9.29 Å². The number of likely N-dealkylation sites (tertiary alicyclic amines) is 1. The average Bonchev–Trinajstić information content (AvgIpc) is 2.86. The first kappa shape index (κ1) is 12.4. The predicted octanol–water partition coefficient (Wildman–Crippen LogP) is 2.75. The molecule has 2 atom stereocenters. The van der Waals surface area contributed by atoms with Gasteiger partial charge in [0.2, 0.25) is 0 Å². The molecule has 17 heavy (non-hydrogen) atoms. The summed E-state index contributed by atoms with van der Waals surface area (Å²) in [5.74, 6) is 1.13. The zero-order valence-electron chi connectivity index (χ0n) is 10.3. The number of halogens is 1. The van der Waals surface area contributed by atoms with Crippen LogP contribution in [-0.2, 0) is 0 Å². The highest BCUT2D eigenvalue weighted by Crippen LogP contribution is 2.19. The van der Waals surface area contributed by atoms with E-state index >= 15 is 0 Å². The maximum atomic E-state index is 12.5. The van der Waals surface area contributed by atoms with Crippen molar-refractivity contribution < 1.29 is 9.13 Å². The molecule has 1 aliphatic heterocycles. The van der Waals surface area contributed by atoms with Gasteiger partial charge in [0.15, 0.2) is 0 Å². The highest BCUT2D eigenvalue weighted by Gasteiger charge is 2.26. The molecule has 0 aromatic heterocycles. The van der Waals surface area contributed by atoms with Crippen molar-refractivity contribution in [1.29, 1.82) is 0 Å². The lowest BCUT2D eigenvalue weighted by Gasteiger charge is -2.24. The van der Waals surface area contributed by atoms with Gasteiger partial charge in [-0.1, -0.05) is 18.2 Å². The SMILES string of the molecule is CC(COc1ccccc1)N1CCC(CF)C1.